The number of nitrogens with zero attached hydrogens (tertiary/aromatic N) is 1. The highest BCUT2D eigenvalue weighted by Gasteiger charge is 2.15. The number of fused-ring (bicyclic) bond motifs is 1. The summed E-state index contributed by atoms with van der Waals surface area (Å²) >= 11 is 24.8. The van der Waals surface area contributed by atoms with Crippen molar-refractivity contribution in [3.8, 4) is 11.1 Å². The Bertz CT molecular complexity index is 800. The zero-order valence-electron chi connectivity index (χ0n) is 10.0. The van der Waals surface area contributed by atoms with E-state index in [1.165, 1.54) is 0 Å². The lowest BCUT2D eigenvalue weighted by Gasteiger charge is -2.10. The van der Waals surface area contributed by atoms with E-state index < -0.39 is 0 Å². The largest absolute Gasteiger partial charge is 0.235 e. The third-order valence-electron chi connectivity index (χ3n) is 2.98. The van der Waals surface area contributed by atoms with Crippen LogP contribution in [0, 0.1) is 0 Å². The van der Waals surface area contributed by atoms with Gasteiger partial charge in [-0.25, -0.2) is 4.98 Å². The maximum Gasteiger partial charge on any atom is 0.139 e. The molecule has 0 unspecified atom stereocenters. The van der Waals surface area contributed by atoms with Crippen LogP contribution in [-0.2, 0) is 0 Å². The molecule has 0 atom stereocenters. The molecule has 0 fully saturated rings. The summed E-state index contributed by atoms with van der Waals surface area (Å²) in [6.07, 6.45) is 0. The van der Waals surface area contributed by atoms with Crippen molar-refractivity contribution in [3.63, 3.8) is 0 Å². The first kappa shape index (κ1) is 14.0. The van der Waals surface area contributed by atoms with Crippen LogP contribution in [0.15, 0.2) is 42.5 Å². The number of halogens is 4. The van der Waals surface area contributed by atoms with Gasteiger partial charge in [0.1, 0.15) is 5.15 Å². The molecule has 5 heteroatoms. The fourth-order valence-corrected chi connectivity index (χ4v) is 3.06. The molecule has 0 aliphatic heterocycles. The molecule has 0 N–H and O–H groups in total. The minimum atomic E-state index is 0.340. The summed E-state index contributed by atoms with van der Waals surface area (Å²) in [7, 11) is 0. The first-order valence-corrected chi connectivity index (χ1v) is 7.28. The lowest BCUT2D eigenvalue weighted by molar-refractivity contribution is 1.41. The van der Waals surface area contributed by atoms with Crippen molar-refractivity contribution in [1.82, 2.24) is 4.98 Å². The number of aromatic nitrogens is 1. The van der Waals surface area contributed by atoms with Gasteiger partial charge in [-0.3, -0.25) is 0 Å². The molecule has 3 rings (SSSR count). The quantitative estimate of drug-likeness (QED) is 0.459. The van der Waals surface area contributed by atoms with E-state index in [1.54, 1.807) is 12.1 Å². The summed E-state index contributed by atoms with van der Waals surface area (Å²) in [5.74, 6) is 0. The van der Waals surface area contributed by atoms with E-state index in [9.17, 15) is 0 Å². The highest BCUT2D eigenvalue weighted by atomic mass is 35.5. The Morgan fingerprint density at radius 3 is 2.15 bits per heavy atom. The number of hydrogen-bond acceptors (Lipinski definition) is 1. The molecular formula is C15H7Cl4N. The molecule has 1 heterocycles. The summed E-state index contributed by atoms with van der Waals surface area (Å²) in [6.45, 7) is 0. The zero-order chi connectivity index (χ0) is 14.3. The maximum atomic E-state index is 6.48. The van der Waals surface area contributed by atoms with Gasteiger partial charge in [0.15, 0.2) is 0 Å². The molecule has 1 aromatic heterocycles. The molecule has 0 aliphatic carbocycles. The molecule has 100 valence electrons. The van der Waals surface area contributed by atoms with Gasteiger partial charge in [-0.15, -0.1) is 0 Å². The first-order chi connectivity index (χ1) is 9.58. The average Bonchev–Trinajstić information content (AvgIpc) is 2.43. The maximum absolute atomic E-state index is 6.48. The van der Waals surface area contributed by atoms with Crippen molar-refractivity contribution >= 4 is 57.3 Å². The zero-order valence-corrected chi connectivity index (χ0v) is 13.0. The van der Waals surface area contributed by atoms with Gasteiger partial charge in [-0.1, -0.05) is 76.7 Å². The van der Waals surface area contributed by atoms with Gasteiger partial charge in [0.25, 0.3) is 0 Å². The van der Waals surface area contributed by atoms with Gasteiger partial charge in [0.2, 0.25) is 0 Å². The predicted molar refractivity (Wildman–Crippen MR) is 87.2 cm³/mol. The van der Waals surface area contributed by atoms with Crippen LogP contribution >= 0.6 is 46.4 Å². The van der Waals surface area contributed by atoms with Crippen molar-refractivity contribution in [2.75, 3.05) is 0 Å². The smallest absolute Gasteiger partial charge is 0.139 e. The van der Waals surface area contributed by atoms with Crippen molar-refractivity contribution in [2.24, 2.45) is 0 Å². The molecule has 1 nitrogen and oxygen atoms in total. The third-order valence-corrected chi connectivity index (χ3v) is 4.37. The van der Waals surface area contributed by atoms with Crippen molar-refractivity contribution in [1.29, 1.82) is 0 Å². The SMILES string of the molecule is Clc1cc2nc(Cl)c(-c3ccccc3)c(Cl)c2cc1Cl. The number of benzene rings is 2. The van der Waals surface area contributed by atoms with E-state index in [4.69, 9.17) is 46.4 Å². The van der Waals surface area contributed by atoms with Gasteiger partial charge >= 0.3 is 0 Å². The standard InChI is InChI=1S/C15H7Cl4N/c16-10-6-9-12(7-11(10)17)20-15(19)13(14(9)18)8-4-2-1-3-5-8/h1-7H. The second kappa shape index (κ2) is 5.42. The van der Waals surface area contributed by atoms with Crippen LogP contribution in [0.1, 0.15) is 0 Å². The minimum absolute atomic E-state index is 0.340. The van der Waals surface area contributed by atoms with E-state index in [0.29, 0.717) is 31.3 Å². The van der Waals surface area contributed by atoms with Crippen LogP contribution in [0.4, 0.5) is 0 Å². The van der Waals surface area contributed by atoms with Crippen molar-refractivity contribution in [3.05, 3.63) is 62.7 Å². The summed E-state index contributed by atoms with van der Waals surface area (Å²) in [6, 6.07) is 13.0. The van der Waals surface area contributed by atoms with Crippen molar-refractivity contribution < 1.29 is 0 Å². The monoisotopic (exact) mass is 341 g/mol. The fourth-order valence-electron chi connectivity index (χ4n) is 2.04. The van der Waals surface area contributed by atoms with Gasteiger partial charge in [-0.2, -0.15) is 0 Å². The molecule has 0 aliphatic rings. The van der Waals surface area contributed by atoms with E-state index in [2.05, 4.69) is 4.98 Å². The molecular weight excluding hydrogens is 336 g/mol. The van der Waals surface area contributed by atoms with E-state index in [-0.39, 0.29) is 0 Å². The third kappa shape index (κ3) is 2.36. The topological polar surface area (TPSA) is 12.9 Å². The van der Waals surface area contributed by atoms with Crippen LogP contribution in [0.3, 0.4) is 0 Å². The highest BCUT2D eigenvalue weighted by Crippen LogP contribution is 2.40. The second-order valence-electron chi connectivity index (χ2n) is 4.24. The van der Waals surface area contributed by atoms with Gasteiger partial charge < -0.3 is 0 Å². The minimum Gasteiger partial charge on any atom is -0.235 e. The Hall–Kier alpha value is -0.990. The van der Waals surface area contributed by atoms with Gasteiger partial charge in [-0.05, 0) is 17.7 Å². The van der Waals surface area contributed by atoms with E-state index >= 15 is 0 Å². The predicted octanol–water partition coefficient (Wildman–Crippen LogP) is 6.52. The lowest BCUT2D eigenvalue weighted by atomic mass is 10.1. The molecule has 3 aromatic rings. The Morgan fingerprint density at radius 2 is 1.45 bits per heavy atom. The molecule has 0 amide bonds. The fraction of sp³-hybridized carbons (Fsp3) is 0. The van der Waals surface area contributed by atoms with E-state index in [0.717, 1.165) is 10.9 Å². The molecule has 0 saturated heterocycles. The number of pyridine rings is 1. The molecule has 0 spiro atoms. The first-order valence-electron chi connectivity index (χ1n) is 5.77. The van der Waals surface area contributed by atoms with Crippen molar-refractivity contribution in [2.45, 2.75) is 0 Å². The Balaban J connectivity index is 2.37. The molecule has 20 heavy (non-hydrogen) atoms. The normalized spacial score (nSPS) is 11.0. The Kier molecular flexibility index (Phi) is 3.78. The summed E-state index contributed by atoms with van der Waals surface area (Å²) in [4.78, 5) is 4.35. The highest BCUT2D eigenvalue weighted by molar-refractivity contribution is 6.45. The van der Waals surface area contributed by atoms with Crippen LogP contribution in [0.2, 0.25) is 20.2 Å². The Labute approximate surface area is 136 Å². The summed E-state index contributed by atoms with van der Waals surface area (Å²) in [5.41, 5.74) is 2.22. The van der Waals surface area contributed by atoms with E-state index in [1.807, 2.05) is 30.3 Å². The summed E-state index contributed by atoms with van der Waals surface area (Å²) in [5, 5.41) is 2.44. The molecule has 0 saturated carbocycles. The number of hydrogen-bond donors (Lipinski definition) is 0. The second-order valence-corrected chi connectivity index (χ2v) is 5.79. The van der Waals surface area contributed by atoms with Crippen LogP contribution in [0.25, 0.3) is 22.0 Å². The van der Waals surface area contributed by atoms with Crippen LogP contribution in [-0.4, -0.2) is 4.98 Å². The molecule has 0 radical (unpaired) electrons. The molecule has 0 bridgehead atoms. The Morgan fingerprint density at radius 1 is 0.800 bits per heavy atom. The van der Waals surface area contributed by atoms with Gasteiger partial charge in [0.05, 0.1) is 20.6 Å². The summed E-state index contributed by atoms with van der Waals surface area (Å²) < 4.78 is 0. The number of rotatable bonds is 1. The van der Waals surface area contributed by atoms with Gasteiger partial charge in [0, 0.05) is 10.9 Å². The van der Waals surface area contributed by atoms with Crippen LogP contribution < -0.4 is 0 Å². The molecule has 2 aromatic carbocycles. The average molecular weight is 343 g/mol. The van der Waals surface area contributed by atoms with Crippen LogP contribution in [0.5, 0.6) is 0 Å². The lowest BCUT2D eigenvalue weighted by Crippen LogP contribution is -1.89.